The summed E-state index contributed by atoms with van der Waals surface area (Å²) >= 11 is 0. The molecular weight excluding hydrogens is 418 g/mol. The van der Waals surface area contributed by atoms with Crippen molar-refractivity contribution in [1.29, 1.82) is 0 Å². The van der Waals surface area contributed by atoms with Gasteiger partial charge >= 0.3 is 6.01 Å². The van der Waals surface area contributed by atoms with Gasteiger partial charge in [-0.3, -0.25) is 0 Å². The largest absolute Gasteiger partial charge is 0.474 e. The molecule has 2 N–H and O–H groups in total. The summed E-state index contributed by atoms with van der Waals surface area (Å²) in [5.74, 6) is 2.01. The van der Waals surface area contributed by atoms with E-state index in [1.165, 1.54) is 12.0 Å². The number of anilines is 3. The highest BCUT2D eigenvalue weighted by Gasteiger charge is 2.20. The Morgan fingerprint density at radius 3 is 2.67 bits per heavy atom. The molecule has 1 aliphatic rings. The van der Waals surface area contributed by atoms with Crippen molar-refractivity contribution >= 4 is 28.6 Å². The Morgan fingerprint density at radius 1 is 0.970 bits per heavy atom. The molecule has 4 heterocycles. The minimum atomic E-state index is 0.293. The molecule has 0 amide bonds. The van der Waals surface area contributed by atoms with Crippen molar-refractivity contribution in [2.75, 3.05) is 36.5 Å². The number of rotatable bonds is 8. The second-order valence-electron chi connectivity index (χ2n) is 8.02. The lowest BCUT2D eigenvalue weighted by Gasteiger charge is -2.27. The first-order valence-electron chi connectivity index (χ1n) is 11.3. The number of pyridine rings is 1. The molecule has 33 heavy (non-hydrogen) atoms. The zero-order chi connectivity index (χ0) is 22.5. The molecule has 9 heteroatoms. The molecule has 1 aromatic carbocycles. The van der Waals surface area contributed by atoms with Gasteiger partial charge in [-0.15, -0.1) is 0 Å². The molecular formula is C24H27N7O2. The molecule has 170 valence electrons. The Hall–Kier alpha value is -3.88. The number of ether oxygens (including phenoxy) is 2. The molecule has 4 aromatic rings. The summed E-state index contributed by atoms with van der Waals surface area (Å²) in [5, 5.41) is 3.33. The topological polar surface area (TPSA) is 101 Å². The molecule has 0 aliphatic carbocycles. The number of fused-ring (bicyclic) bond motifs is 1. The Kier molecular flexibility index (Phi) is 6.19. The number of aromatic nitrogens is 5. The fourth-order valence-electron chi connectivity index (χ4n) is 3.89. The van der Waals surface area contributed by atoms with E-state index in [2.05, 4.69) is 49.2 Å². The highest BCUT2D eigenvalue weighted by Crippen LogP contribution is 2.29. The van der Waals surface area contributed by atoms with Crippen molar-refractivity contribution in [2.24, 2.45) is 0 Å². The number of imidazole rings is 1. The van der Waals surface area contributed by atoms with Crippen molar-refractivity contribution in [3.8, 4) is 11.9 Å². The van der Waals surface area contributed by atoms with E-state index in [0.717, 1.165) is 43.0 Å². The first kappa shape index (κ1) is 21.0. The summed E-state index contributed by atoms with van der Waals surface area (Å²) in [6, 6.07) is 14.0. The van der Waals surface area contributed by atoms with Gasteiger partial charge in [0.1, 0.15) is 18.7 Å². The van der Waals surface area contributed by atoms with E-state index >= 15 is 0 Å². The Labute approximate surface area is 192 Å². The van der Waals surface area contributed by atoms with Gasteiger partial charge in [-0.1, -0.05) is 18.2 Å². The molecule has 9 nitrogen and oxygen atoms in total. The van der Waals surface area contributed by atoms with Crippen molar-refractivity contribution in [1.82, 2.24) is 24.9 Å². The monoisotopic (exact) mass is 445 g/mol. The molecule has 0 saturated carbocycles. The second kappa shape index (κ2) is 9.72. The van der Waals surface area contributed by atoms with Crippen molar-refractivity contribution in [2.45, 2.75) is 26.2 Å². The number of piperidine rings is 1. The summed E-state index contributed by atoms with van der Waals surface area (Å²) in [7, 11) is 0. The van der Waals surface area contributed by atoms with Crippen molar-refractivity contribution in [3.05, 3.63) is 54.2 Å². The fourth-order valence-corrected chi connectivity index (χ4v) is 3.89. The zero-order valence-corrected chi connectivity index (χ0v) is 18.6. The van der Waals surface area contributed by atoms with Gasteiger partial charge < -0.3 is 24.7 Å². The van der Waals surface area contributed by atoms with Gasteiger partial charge in [-0.25, -0.2) is 4.98 Å². The van der Waals surface area contributed by atoms with Crippen LogP contribution in [0.15, 0.2) is 48.7 Å². The number of aryl methyl sites for hydroxylation is 1. The van der Waals surface area contributed by atoms with Gasteiger partial charge in [-0.2, -0.15) is 15.0 Å². The molecule has 0 radical (unpaired) electrons. The van der Waals surface area contributed by atoms with Crippen LogP contribution >= 0.6 is 0 Å². The second-order valence-corrected chi connectivity index (χ2v) is 8.02. The van der Waals surface area contributed by atoms with Crippen LogP contribution in [0.1, 0.15) is 24.8 Å². The highest BCUT2D eigenvalue weighted by molar-refractivity contribution is 5.86. The van der Waals surface area contributed by atoms with Crippen LogP contribution in [-0.4, -0.2) is 51.2 Å². The van der Waals surface area contributed by atoms with Gasteiger partial charge in [0, 0.05) is 31.0 Å². The van der Waals surface area contributed by atoms with E-state index in [9.17, 15) is 0 Å². The summed E-state index contributed by atoms with van der Waals surface area (Å²) in [6.07, 6.45) is 5.21. The van der Waals surface area contributed by atoms with Crippen LogP contribution in [0.2, 0.25) is 0 Å². The van der Waals surface area contributed by atoms with Gasteiger partial charge in [0.05, 0.1) is 0 Å². The smallest absolute Gasteiger partial charge is 0.320 e. The fraction of sp³-hybridized carbons (Fsp3) is 0.333. The van der Waals surface area contributed by atoms with Crippen LogP contribution in [0.4, 0.5) is 17.5 Å². The predicted octanol–water partition coefficient (Wildman–Crippen LogP) is 4.25. The van der Waals surface area contributed by atoms with Gasteiger partial charge in [0.25, 0.3) is 0 Å². The van der Waals surface area contributed by atoms with Crippen molar-refractivity contribution in [3.63, 3.8) is 0 Å². The molecule has 1 saturated heterocycles. The van der Waals surface area contributed by atoms with Crippen LogP contribution in [-0.2, 0) is 0 Å². The van der Waals surface area contributed by atoms with Crippen LogP contribution < -0.4 is 19.7 Å². The number of hydrogen-bond donors (Lipinski definition) is 2. The Morgan fingerprint density at radius 2 is 1.85 bits per heavy atom. The summed E-state index contributed by atoms with van der Waals surface area (Å²) < 4.78 is 11.4. The summed E-state index contributed by atoms with van der Waals surface area (Å²) in [5.41, 5.74) is 3.52. The van der Waals surface area contributed by atoms with Crippen LogP contribution in [0.5, 0.6) is 11.9 Å². The molecule has 5 rings (SSSR count). The number of aromatic amines is 1. The minimum Gasteiger partial charge on any atom is -0.474 e. The maximum absolute atomic E-state index is 5.83. The first-order valence-corrected chi connectivity index (χ1v) is 11.3. The number of hydrogen-bond acceptors (Lipinski definition) is 8. The normalized spacial score (nSPS) is 13.8. The first-order chi connectivity index (χ1) is 16.2. The quantitative estimate of drug-likeness (QED) is 0.388. The number of benzene rings is 1. The third-order valence-corrected chi connectivity index (χ3v) is 5.45. The van der Waals surface area contributed by atoms with Crippen LogP contribution in [0, 0.1) is 6.92 Å². The Balaban J connectivity index is 1.36. The summed E-state index contributed by atoms with van der Waals surface area (Å²) in [4.78, 5) is 23.7. The SMILES string of the molecule is Cc1cccc(Nc2nc3nc(OCCOc4ccccn4)nc(N4CCCCC4)c3[nH]2)c1. The van der Waals surface area contributed by atoms with Gasteiger partial charge in [0.15, 0.2) is 11.5 Å². The maximum atomic E-state index is 5.83. The van der Waals surface area contributed by atoms with Crippen LogP contribution in [0.3, 0.4) is 0 Å². The molecule has 3 aromatic heterocycles. The van der Waals surface area contributed by atoms with E-state index < -0.39 is 0 Å². The molecule has 1 fully saturated rings. The van der Waals surface area contributed by atoms with E-state index in [4.69, 9.17) is 14.5 Å². The Bertz CT molecular complexity index is 1210. The lowest BCUT2D eigenvalue weighted by Crippen LogP contribution is -2.30. The van der Waals surface area contributed by atoms with E-state index in [1.807, 2.05) is 30.3 Å². The lowest BCUT2D eigenvalue weighted by atomic mass is 10.1. The number of nitrogens with one attached hydrogen (secondary N) is 2. The molecule has 0 unspecified atom stereocenters. The average Bonchev–Trinajstić information content (AvgIpc) is 3.25. The molecule has 0 bridgehead atoms. The molecule has 0 atom stereocenters. The third-order valence-electron chi connectivity index (χ3n) is 5.45. The van der Waals surface area contributed by atoms with Gasteiger partial charge in [-0.05, 0) is 49.9 Å². The molecule has 1 aliphatic heterocycles. The van der Waals surface area contributed by atoms with Crippen LogP contribution in [0.25, 0.3) is 11.2 Å². The van der Waals surface area contributed by atoms with E-state index in [1.54, 1.807) is 6.20 Å². The van der Waals surface area contributed by atoms with E-state index in [-0.39, 0.29) is 0 Å². The standard InChI is InChI=1S/C24H27N7O2/c1-17-8-7-9-18(16-17)26-23-27-20-21(28-23)29-24(30-22(20)31-12-5-2-6-13-31)33-15-14-32-19-10-3-4-11-25-19/h3-4,7-11,16H,2,5-6,12-15H2,1H3,(H2,26,27,28,29,30). The number of nitrogens with zero attached hydrogens (tertiary/aromatic N) is 5. The minimum absolute atomic E-state index is 0.293. The average molecular weight is 446 g/mol. The zero-order valence-electron chi connectivity index (χ0n) is 18.6. The van der Waals surface area contributed by atoms with Gasteiger partial charge in [0.2, 0.25) is 11.8 Å². The van der Waals surface area contributed by atoms with Crippen molar-refractivity contribution < 1.29 is 9.47 Å². The van der Waals surface area contributed by atoms with E-state index in [0.29, 0.717) is 36.7 Å². The highest BCUT2D eigenvalue weighted by atomic mass is 16.5. The maximum Gasteiger partial charge on any atom is 0.320 e. The predicted molar refractivity (Wildman–Crippen MR) is 127 cm³/mol. The lowest BCUT2D eigenvalue weighted by molar-refractivity contribution is 0.202. The third kappa shape index (κ3) is 5.14. The number of H-pyrrole nitrogens is 1. The summed E-state index contributed by atoms with van der Waals surface area (Å²) in [6.45, 7) is 4.62. The molecule has 0 spiro atoms.